The summed E-state index contributed by atoms with van der Waals surface area (Å²) < 4.78 is 11.4. The van der Waals surface area contributed by atoms with Crippen LogP contribution >= 0.6 is 0 Å². The van der Waals surface area contributed by atoms with Crippen molar-refractivity contribution in [3.8, 4) is 5.75 Å². The van der Waals surface area contributed by atoms with Crippen molar-refractivity contribution in [1.29, 1.82) is 0 Å². The number of aryl methyl sites for hydroxylation is 1. The second kappa shape index (κ2) is 8.00. The number of anilines is 2. The van der Waals surface area contributed by atoms with Crippen LogP contribution in [-0.2, 0) is 11.2 Å². The smallest absolute Gasteiger partial charge is 0.127 e. The number of nitrogens with one attached hydrogen (secondary N) is 2. The standard InChI is InChI=1S/C22H26N2O2/c1-5-17-6-8-18(9-7-17)23-16(3)14-26-22-12-15(2)24-21-11-10-19(25-4)13-20(21)22/h6-13,15,23-24H,3,5,14H2,1-2,4H3. The van der Waals surface area contributed by atoms with Gasteiger partial charge in [0, 0.05) is 28.7 Å². The maximum Gasteiger partial charge on any atom is 0.127 e. The predicted octanol–water partition coefficient (Wildman–Crippen LogP) is 5.05. The number of benzene rings is 2. The Labute approximate surface area is 155 Å². The normalized spacial score (nSPS) is 15.3. The van der Waals surface area contributed by atoms with Crippen LogP contribution in [-0.4, -0.2) is 19.8 Å². The molecule has 4 heteroatoms. The molecule has 26 heavy (non-hydrogen) atoms. The average molecular weight is 350 g/mol. The lowest BCUT2D eigenvalue weighted by atomic mass is 10.0. The highest BCUT2D eigenvalue weighted by molar-refractivity contribution is 5.77. The molecule has 0 bridgehead atoms. The zero-order valence-electron chi connectivity index (χ0n) is 15.6. The van der Waals surface area contributed by atoms with Crippen LogP contribution in [0.3, 0.4) is 0 Å². The summed E-state index contributed by atoms with van der Waals surface area (Å²) in [6, 6.07) is 14.5. The van der Waals surface area contributed by atoms with Crippen LogP contribution in [0.4, 0.5) is 11.4 Å². The molecule has 0 amide bonds. The van der Waals surface area contributed by atoms with E-state index in [9.17, 15) is 0 Å². The molecule has 3 rings (SSSR count). The molecule has 1 aliphatic rings. The van der Waals surface area contributed by atoms with Crippen molar-refractivity contribution in [2.24, 2.45) is 0 Å². The molecule has 0 saturated heterocycles. The molecule has 0 spiro atoms. The lowest BCUT2D eigenvalue weighted by Gasteiger charge is -2.25. The minimum atomic E-state index is 0.203. The Kier molecular flexibility index (Phi) is 5.52. The van der Waals surface area contributed by atoms with E-state index in [1.165, 1.54) is 5.56 Å². The first kappa shape index (κ1) is 17.9. The fraction of sp³-hybridized carbons (Fsp3) is 0.273. The van der Waals surface area contributed by atoms with Crippen molar-refractivity contribution in [1.82, 2.24) is 0 Å². The highest BCUT2D eigenvalue weighted by Gasteiger charge is 2.18. The summed E-state index contributed by atoms with van der Waals surface area (Å²) in [5.41, 5.74) is 5.19. The Morgan fingerprint density at radius 3 is 2.65 bits per heavy atom. The highest BCUT2D eigenvalue weighted by Crippen LogP contribution is 2.33. The summed E-state index contributed by atoms with van der Waals surface area (Å²) in [4.78, 5) is 0. The van der Waals surface area contributed by atoms with E-state index in [1.54, 1.807) is 7.11 Å². The molecule has 2 N–H and O–H groups in total. The third-order valence-electron chi connectivity index (χ3n) is 4.36. The van der Waals surface area contributed by atoms with Crippen molar-refractivity contribution in [3.05, 3.63) is 71.9 Å². The molecular formula is C22H26N2O2. The van der Waals surface area contributed by atoms with Crippen LogP contribution in [0.2, 0.25) is 0 Å². The number of hydrogen-bond acceptors (Lipinski definition) is 4. The molecule has 1 unspecified atom stereocenters. The van der Waals surface area contributed by atoms with Gasteiger partial charge < -0.3 is 20.1 Å². The van der Waals surface area contributed by atoms with E-state index in [0.29, 0.717) is 6.61 Å². The molecule has 1 atom stereocenters. The SMILES string of the molecule is C=C(COC1=CC(C)Nc2ccc(OC)cc21)Nc1ccc(CC)cc1. The Morgan fingerprint density at radius 1 is 1.19 bits per heavy atom. The molecule has 1 aliphatic heterocycles. The van der Waals surface area contributed by atoms with E-state index in [2.05, 4.69) is 61.4 Å². The maximum atomic E-state index is 6.06. The predicted molar refractivity (Wildman–Crippen MR) is 109 cm³/mol. The molecule has 2 aromatic rings. The first-order chi connectivity index (χ1) is 12.6. The van der Waals surface area contributed by atoms with Crippen molar-refractivity contribution >= 4 is 17.1 Å². The quantitative estimate of drug-likeness (QED) is 0.733. The first-order valence-electron chi connectivity index (χ1n) is 8.92. The van der Waals surface area contributed by atoms with E-state index in [0.717, 1.165) is 40.6 Å². The van der Waals surface area contributed by atoms with Crippen molar-refractivity contribution in [3.63, 3.8) is 0 Å². The lowest BCUT2D eigenvalue weighted by Crippen LogP contribution is -2.19. The first-order valence-corrected chi connectivity index (χ1v) is 8.92. The molecule has 0 fully saturated rings. The third-order valence-corrected chi connectivity index (χ3v) is 4.36. The van der Waals surface area contributed by atoms with E-state index < -0.39 is 0 Å². The lowest BCUT2D eigenvalue weighted by molar-refractivity contribution is 0.309. The van der Waals surface area contributed by atoms with Crippen LogP contribution in [0, 0.1) is 0 Å². The Morgan fingerprint density at radius 2 is 1.96 bits per heavy atom. The zero-order valence-corrected chi connectivity index (χ0v) is 15.6. The summed E-state index contributed by atoms with van der Waals surface area (Å²) >= 11 is 0. The van der Waals surface area contributed by atoms with E-state index in [-0.39, 0.29) is 6.04 Å². The molecule has 0 aromatic heterocycles. The summed E-state index contributed by atoms with van der Waals surface area (Å²) in [6.07, 6.45) is 3.11. The van der Waals surface area contributed by atoms with Gasteiger partial charge in [0.2, 0.25) is 0 Å². The number of methoxy groups -OCH3 is 1. The largest absolute Gasteiger partial charge is 0.497 e. The van der Waals surface area contributed by atoms with Gasteiger partial charge in [0.15, 0.2) is 0 Å². The average Bonchev–Trinajstić information content (AvgIpc) is 2.66. The molecule has 136 valence electrons. The Balaban J connectivity index is 1.65. The van der Waals surface area contributed by atoms with Crippen molar-refractivity contribution < 1.29 is 9.47 Å². The van der Waals surface area contributed by atoms with Gasteiger partial charge in [0.25, 0.3) is 0 Å². The van der Waals surface area contributed by atoms with Gasteiger partial charge in [-0.15, -0.1) is 0 Å². The highest BCUT2D eigenvalue weighted by atomic mass is 16.5. The van der Waals surface area contributed by atoms with Crippen LogP contribution in [0.15, 0.2) is 60.8 Å². The molecule has 2 aromatic carbocycles. The number of hydrogen-bond donors (Lipinski definition) is 2. The summed E-state index contributed by atoms with van der Waals surface area (Å²) in [6.45, 7) is 8.72. The fourth-order valence-electron chi connectivity index (χ4n) is 2.94. The maximum absolute atomic E-state index is 6.06. The van der Waals surface area contributed by atoms with Crippen LogP contribution in [0.5, 0.6) is 5.75 Å². The third kappa shape index (κ3) is 4.20. The second-order valence-electron chi connectivity index (χ2n) is 6.44. The minimum Gasteiger partial charge on any atom is -0.497 e. The summed E-state index contributed by atoms with van der Waals surface area (Å²) in [5.74, 6) is 1.65. The van der Waals surface area contributed by atoms with E-state index in [4.69, 9.17) is 9.47 Å². The molecule has 1 heterocycles. The van der Waals surface area contributed by atoms with Crippen molar-refractivity contribution in [2.45, 2.75) is 26.3 Å². The molecule has 0 aliphatic carbocycles. The Bertz CT molecular complexity index is 809. The minimum absolute atomic E-state index is 0.203. The molecule has 0 radical (unpaired) electrons. The fourth-order valence-corrected chi connectivity index (χ4v) is 2.94. The number of ether oxygens (including phenoxy) is 2. The van der Waals surface area contributed by atoms with Gasteiger partial charge in [0.1, 0.15) is 18.1 Å². The van der Waals surface area contributed by atoms with E-state index >= 15 is 0 Å². The van der Waals surface area contributed by atoms with Gasteiger partial charge in [0.05, 0.1) is 7.11 Å². The van der Waals surface area contributed by atoms with E-state index in [1.807, 2.05) is 18.2 Å². The van der Waals surface area contributed by atoms with Gasteiger partial charge in [-0.05, 0) is 55.3 Å². The van der Waals surface area contributed by atoms with Crippen LogP contribution < -0.4 is 15.4 Å². The summed E-state index contributed by atoms with van der Waals surface area (Å²) in [7, 11) is 1.67. The Hall–Kier alpha value is -2.88. The second-order valence-corrected chi connectivity index (χ2v) is 6.44. The molecular weight excluding hydrogens is 324 g/mol. The molecule has 4 nitrogen and oxygen atoms in total. The topological polar surface area (TPSA) is 42.5 Å². The van der Waals surface area contributed by atoms with Crippen molar-refractivity contribution in [2.75, 3.05) is 24.4 Å². The number of rotatable bonds is 7. The van der Waals surface area contributed by atoms with Gasteiger partial charge in [-0.3, -0.25) is 0 Å². The molecule has 0 saturated carbocycles. The summed E-state index contributed by atoms with van der Waals surface area (Å²) in [5, 5.41) is 6.73. The zero-order chi connectivity index (χ0) is 18.5. The van der Waals surface area contributed by atoms with Gasteiger partial charge >= 0.3 is 0 Å². The van der Waals surface area contributed by atoms with Crippen LogP contribution in [0.1, 0.15) is 25.0 Å². The van der Waals surface area contributed by atoms with Gasteiger partial charge in [-0.25, -0.2) is 0 Å². The van der Waals surface area contributed by atoms with Gasteiger partial charge in [-0.1, -0.05) is 25.6 Å². The number of fused-ring (bicyclic) bond motifs is 1. The van der Waals surface area contributed by atoms with Crippen LogP contribution in [0.25, 0.3) is 5.76 Å². The van der Waals surface area contributed by atoms with Gasteiger partial charge in [-0.2, -0.15) is 0 Å². The monoisotopic (exact) mass is 350 g/mol.